The highest BCUT2D eigenvalue weighted by atomic mass is 19.3. The maximum Gasteiger partial charge on any atom is 0.309 e. The van der Waals surface area contributed by atoms with E-state index in [0.717, 1.165) is 7.11 Å². The first kappa shape index (κ1) is 12.3. The number of alkyl halides is 2. The van der Waals surface area contributed by atoms with Gasteiger partial charge in [0, 0.05) is 6.07 Å². The average Bonchev–Trinajstić information content (AvgIpc) is 2.19. The van der Waals surface area contributed by atoms with Crippen LogP contribution < -0.4 is 4.74 Å². The van der Waals surface area contributed by atoms with E-state index < -0.39 is 41.8 Å². The Morgan fingerprint density at radius 3 is 2.69 bits per heavy atom. The maximum atomic E-state index is 13.2. The normalized spacial score (nSPS) is 10.6. The van der Waals surface area contributed by atoms with Crippen molar-refractivity contribution in [2.75, 3.05) is 7.11 Å². The van der Waals surface area contributed by atoms with E-state index in [1.54, 1.807) is 0 Å². The van der Waals surface area contributed by atoms with E-state index in [1.165, 1.54) is 0 Å². The van der Waals surface area contributed by atoms with E-state index >= 15 is 0 Å². The van der Waals surface area contributed by atoms with Crippen molar-refractivity contribution in [1.29, 1.82) is 0 Å². The molecule has 0 unspecified atom stereocenters. The molecule has 0 fully saturated rings. The third-order valence-corrected chi connectivity index (χ3v) is 1.79. The van der Waals surface area contributed by atoms with E-state index in [2.05, 4.69) is 9.72 Å². The van der Waals surface area contributed by atoms with Crippen LogP contribution in [-0.4, -0.2) is 23.2 Å². The summed E-state index contributed by atoms with van der Waals surface area (Å²) in [5.74, 6) is -2.73. The highest BCUT2D eigenvalue weighted by Gasteiger charge is 2.20. The highest BCUT2D eigenvalue weighted by molar-refractivity contribution is 5.69. The molecule has 0 radical (unpaired) electrons. The number of nitrogens with zero attached hydrogens (tertiary/aromatic N) is 1. The quantitative estimate of drug-likeness (QED) is 0.864. The smallest absolute Gasteiger partial charge is 0.309 e. The first-order valence-electron chi connectivity index (χ1n) is 4.19. The Hall–Kier alpha value is -1.79. The molecule has 88 valence electrons. The lowest BCUT2D eigenvalue weighted by Gasteiger charge is -2.09. The van der Waals surface area contributed by atoms with Gasteiger partial charge in [-0.3, -0.25) is 4.79 Å². The Labute approximate surface area is 88.7 Å². The van der Waals surface area contributed by atoms with Crippen LogP contribution in [0, 0.1) is 5.82 Å². The molecular formula is C9H8F3NO3. The molecular weight excluding hydrogens is 227 g/mol. The first-order valence-corrected chi connectivity index (χ1v) is 4.19. The topological polar surface area (TPSA) is 59.4 Å². The molecule has 1 aromatic rings. The zero-order valence-corrected chi connectivity index (χ0v) is 8.21. The van der Waals surface area contributed by atoms with Crippen molar-refractivity contribution < 1.29 is 27.8 Å². The van der Waals surface area contributed by atoms with E-state index in [9.17, 15) is 18.0 Å². The van der Waals surface area contributed by atoms with Crippen molar-refractivity contribution in [3.8, 4) is 5.75 Å². The molecule has 7 heteroatoms. The number of aromatic nitrogens is 1. The number of carbonyl (C=O) groups is 1. The third-order valence-electron chi connectivity index (χ3n) is 1.79. The monoisotopic (exact) mass is 235 g/mol. The van der Waals surface area contributed by atoms with Gasteiger partial charge in [0.1, 0.15) is 17.3 Å². The first-order chi connectivity index (χ1) is 7.45. The average molecular weight is 235 g/mol. The van der Waals surface area contributed by atoms with Crippen molar-refractivity contribution in [1.82, 2.24) is 4.98 Å². The third kappa shape index (κ3) is 2.62. The molecule has 0 aromatic carbocycles. The fraction of sp³-hybridized carbons (Fsp3) is 0.333. The van der Waals surface area contributed by atoms with E-state index in [1.807, 2.05) is 0 Å². The van der Waals surface area contributed by atoms with E-state index in [0.29, 0.717) is 6.07 Å². The summed E-state index contributed by atoms with van der Waals surface area (Å²) in [4.78, 5) is 13.6. The van der Waals surface area contributed by atoms with Crippen LogP contribution in [0.2, 0.25) is 0 Å². The van der Waals surface area contributed by atoms with Crippen LogP contribution in [0.5, 0.6) is 5.75 Å². The van der Waals surface area contributed by atoms with Gasteiger partial charge in [-0.15, -0.1) is 0 Å². The van der Waals surface area contributed by atoms with Crippen molar-refractivity contribution in [2.45, 2.75) is 12.8 Å². The van der Waals surface area contributed by atoms with Crippen molar-refractivity contribution in [3.05, 3.63) is 23.3 Å². The Morgan fingerprint density at radius 2 is 2.25 bits per heavy atom. The Morgan fingerprint density at radius 1 is 1.62 bits per heavy atom. The summed E-state index contributed by atoms with van der Waals surface area (Å²) in [6.07, 6.45) is -3.71. The Kier molecular flexibility index (Phi) is 3.70. The molecule has 0 aliphatic rings. The molecule has 0 saturated carbocycles. The van der Waals surface area contributed by atoms with Gasteiger partial charge in [-0.25, -0.2) is 18.2 Å². The van der Waals surface area contributed by atoms with Gasteiger partial charge in [0.2, 0.25) is 0 Å². The Bertz CT molecular complexity index is 409. The zero-order valence-electron chi connectivity index (χ0n) is 8.21. The van der Waals surface area contributed by atoms with Crippen molar-refractivity contribution >= 4 is 5.97 Å². The largest absolute Gasteiger partial charge is 0.495 e. The summed E-state index contributed by atoms with van der Waals surface area (Å²) >= 11 is 0. The maximum absolute atomic E-state index is 13.2. The van der Waals surface area contributed by atoms with Gasteiger partial charge in [-0.05, 0) is 0 Å². The van der Waals surface area contributed by atoms with Crippen LogP contribution >= 0.6 is 0 Å². The fourth-order valence-electron chi connectivity index (χ4n) is 1.11. The number of carboxylic acids is 1. The second-order valence-corrected chi connectivity index (χ2v) is 2.88. The molecule has 0 saturated heterocycles. The minimum absolute atomic E-state index is 0.401. The number of aliphatic carboxylic acids is 1. The standard InChI is InChI=1S/C9H8F3NO3/c1-16-6-2-4(10)5(3-7(14)15)13-8(6)9(11)12/h2,9H,3H2,1H3,(H,14,15). The van der Waals surface area contributed by atoms with Gasteiger partial charge in [0.25, 0.3) is 6.43 Å². The van der Waals surface area contributed by atoms with Gasteiger partial charge in [-0.2, -0.15) is 0 Å². The SMILES string of the molecule is COc1cc(F)c(CC(=O)O)nc1C(F)F. The van der Waals surface area contributed by atoms with Crippen LogP contribution in [0.25, 0.3) is 0 Å². The molecule has 1 heterocycles. The highest BCUT2D eigenvalue weighted by Crippen LogP contribution is 2.28. The molecule has 0 aliphatic heterocycles. The molecule has 1 rings (SSSR count). The number of pyridine rings is 1. The van der Waals surface area contributed by atoms with Crippen LogP contribution in [-0.2, 0) is 11.2 Å². The van der Waals surface area contributed by atoms with Gasteiger partial charge >= 0.3 is 5.97 Å². The van der Waals surface area contributed by atoms with Crippen LogP contribution in [0.4, 0.5) is 13.2 Å². The number of ether oxygens (including phenoxy) is 1. The van der Waals surface area contributed by atoms with E-state index in [-0.39, 0.29) is 0 Å². The number of carboxylic acid groups (broad SMARTS) is 1. The second-order valence-electron chi connectivity index (χ2n) is 2.88. The summed E-state index contributed by atoms with van der Waals surface area (Å²) in [5.41, 5.74) is -1.30. The minimum Gasteiger partial charge on any atom is -0.495 e. The lowest BCUT2D eigenvalue weighted by Crippen LogP contribution is -2.08. The van der Waals surface area contributed by atoms with Crippen molar-refractivity contribution in [2.24, 2.45) is 0 Å². The molecule has 0 bridgehead atoms. The summed E-state index contributed by atoms with van der Waals surface area (Å²) in [5, 5.41) is 8.42. The molecule has 0 atom stereocenters. The van der Waals surface area contributed by atoms with Gasteiger partial charge < -0.3 is 9.84 Å². The second kappa shape index (κ2) is 4.82. The van der Waals surface area contributed by atoms with Crippen LogP contribution in [0.3, 0.4) is 0 Å². The minimum atomic E-state index is -2.96. The summed E-state index contributed by atoms with van der Waals surface area (Å²) in [6, 6.07) is 0.701. The van der Waals surface area contributed by atoms with Crippen LogP contribution in [0.15, 0.2) is 6.07 Å². The molecule has 1 N–H and O–H groups in total. The summed E-state index contributed by atoms with van der Waals surface area (Å²) in [7, 11) is 1.10. The number of hydrogen-bond acceptors (Lipinski definition) is 3. The summed E-state index contributed by atoms with van der Waals surface area (Å²) < 4.78 is 42.6. The fourth-order valence-corrected chi connectivity index (χ4v) is 1.11. The lowest BCUT2D eigenvalue weighted by molar-refractivity contribution is -0.136. The molecule has 4 nitrogen and oxygen atoms in total. The molecule has 0 amide bonds. The van der Waals surface area contributed by atoms with Gasteiger partial charge in [0.05, 0.1) is 19.2 Å². The number of methoxy groups -OCH3 is 1. The number of hydrogen-bond donors (Lipinski definition) is 1. The molecule has 16 heavy (non-hydrogen) atoms. The lowest BCUT2D eigenvalue weighted by atomic mass is 10.2. The molecule has 0 spiro atoms. The number of halogens is 3. The predicted molar refractivity (Wildman–Crippen MR) is 47.0 cm³/mol. The number of rotatable bonds is 4. The zero-order chi connectivity index (χ0) is 12.3. The molecule has 0 aliphatic carbocycles. The summed E-state index contributed by atoms with van der Waals surface area (Å²) in [6.45, 7) is 0. The van der Waals surface area contributed by atoms with Gasteiger partial charge in [-0.1, -0.05) is 0 Å². The van der Waals surface area contributed by atoms with Crippen LogP contribution in [0.1, 0.15) is 17.8 Å². The van der Waals surface area contributed by atoms with Gasteiger partial charge in [0.15, 0.2) is 0 Å². The Balaban J connectivity index is 3.21. The predicted octanol–water partition coefficient (Wildman–Crippen LogP) is 1.79. The molecule has 1 aromatic heterocycles. The van der Waals surface area contributed by atoms with Crippen molar-refractivity contribution in [3.63, 3.8) is 0 Å². The van der Waals surface area contributed by atoms with E-state index in [4.69, 9.17) is 5.11 Å².